The third-order valence-electron chi connectivity index (χ3n) is 3.94. The molecule has 3 nitrogen and oxygen atoms in total. The second-order valence-electron chi connectivity index (χ2n) is 5.75. The van der Waals surface area contributed by atoms with Gasteiger partial charge in [-0.1, -0.05) is 32.1 Å². The van der Waals surface area contributed by atoms with Crippen molar-refractivity contribution >= 4 is 16.6 Å². The first-order chi connectivity index (χ1) is 10.6. The highest BCUT2D eigenvalue weighted by Gasteiger charge is 2.16. The highest BCUT2D eigenvalue weighted by molar-refractivity contribution is 5.79. The number of rotatable bonds is 3. The second kappa shape index (κ2) is 5.87. The van der Waals surface area contributed by atoms with Crippen molar-refractivity contribution in [1.29, 1.82) is 0 Å². The Bertz CT molecular complexity index is 833. The maximum absolute atomic E-state index is 14.1. The van der Waals surface area contributed by atoms with Crippen LogP contribution in [-0.2, 0) is 6.42 Å². The first kappa shape index (κ1) is 14.7. The van der Waals surface area contributed by atoms with Gasteiger partial charge in [0, 0.05) is 12.1 Å². The Hall–Kier alpha value is -2.23. The number of halogens is 1. The van der Waals surface area contributed by atoms with E-state index in [-0.39, 0.29) is 10.9 Å². The first-order valence-electron chi connectivity index (χ1n) is 7.70. The number of fused-ring (bicyclic) bond motifs is 1. The SMILES string of the molecule is CCCc1nc2cccc(F)c2c(=O)n1C1=CCC(C)C=C1. The van der Waals surface area contributed by atoms with Gasteiger partial charge in [0.1, 0.15) is 17.0 Å². The van der Waals surface area contributed by atoms with E-state index < -0.39 is 5.82 Å². The Morgan fingerprint density at radius 1 is 1.41 bits per heavy atom. The fourth-order valence-electron chi connectivity index (χ4n) is 2.78. The molecule has 1 aliphatic rings. The van der Waals surface area contributed by atoms with Gasteiger partial charge in [-0.05, 0) is 37.0 Å². The van der Waals surface area contributed by atoms with Crippen LogP contribution in [0.1, 0.15) is 32.5 Å². The summed E-state index contributed by atoms with van der Waals surface area (Å²) in [7, 11) is 0. The van der Waals surface area contributed by atoms with Gasteiger partial charge < -0.3 is 0 Å². The number of hydrogen-bond donors (Lipinski definition) is 0. The summed E-state index contributed by atoms with van der Waals surface area (Å²) in [6, 6.07) is 4.59. The summed E-state index contributed by atoms with van der Waals surface area (Å²) >= 11 is 0. The van der Waals surface area contributed by atoms with E-state index in [4.69, 9.17) is 0 Å². The summed E-state index contributed by atoms with van der Waals surface area (Å²) in [4.78, 5) is 17.4. The molecule has 0 N–H and O–H groups in total. The number of aryl methyl sites for hydroxylation is 1. The lowest BCUT2D eigenvalue weighted by Crippen LogP contribution is -2.25. The van der Waals surface area contributed by atoms with Crippen molar-refractivity contribution in [1.82, 2.24) is 9.55 Å². The van der Waals surface area contributed by atoms with Crippen molar-refractivity contribution in [3.05, 3.63) is 58.4 Å². The number of aromatic nitrogens is 2. The highest BCUT2D eigenvalue weighted by atomic mass is 19.1. The minimum Gasteiger partial charge on any atom is -0.268 e. The van der Waals surface area contributed by atoms with Gasteiger partial charge in [0.05, 0.1) is 5.52 Å². The summed E-state index contributed by atoms with van der Waals surface area (Å²) in [5, 5.41) is 0.0651. The van der Waals surface area contributed by atoms with Crippen molar-refractivity contribution in [3.8, 4) is 0 Å². The molecule has 1 aliphatic carbocycles. The van der Waals surface area contributed by atoms with Crippen molar-refractivity contribution in [3.63, 3.8) is 0 Å². The molecule has 0 bridgehead atoms. The Labute approximate surface area is 128 Å². The van der Waals surface area contributed by atoms with Crippen LogP contribution >= 0.6 is 0 Å². The Morgan fingerprint density at radius 3 is 2.91 bits per heavy atom. The van der Waals surface area contributed by atoms with E-state index in [1.165, 1.54) is 6.07 Å². The minimum atomic E-state index is -0.513. The largest absolute Gasteiger partial charge is 0.268 e. The molecular formula is C18H19FN2O. The lowest BCUT2D eigenvalue weighted by Gasteiger charge is -2.17. The van der Waals surface area contributed by atoms with Gasteiger partial charge >= 0.3 is 0 Å². The zero-order valence-corrected chi connectivity index (χ0v) is 12.8. The normalized spacial score (nSPS) is 17.8. The van der Waals surface area contributed by atoms with Crippen molar-refractivity contribution < 1.29 is 4.39 Å². The molecule has 3 rings (SSSR count). The van der Waals surface area contributed by atoms with Crippen LogP contribution in [0.25, 0.3) is 16.6 Å². The van der Waals surface area contributed by atoms with E-state index in [1.54, 1.807) is 16.7 Å². The second-order valence-corrected chi connectivity index (χ2v) is 5.75. The standard InChI is InChI=1S/C18H19FN2O/c1-3-5-16-20-15-7-4-6-14(19)17(15)18(22)21(16)13-10-8-12(2)9-11-13/h4,6-8,10-12H,3,5,9H2,1-2H3. The molecule has 1 atom stereocenters. The molecule has 1 heterocycles. The van der Waals surface area contributed by atoms with Gasteiger partial charge in [0.15, 0.2) is 0 Å². The maximum atomic E-state index is 14.1. The van der Waals surface area contributed by atoms with Gasteiger partial charge in [0.25, 0.3) is 5.56 Å². The molecule has 114 valence electrons. The monoisotopic (exact) mass is 298 g/mol. The molecule has 1 aromatic carbocycles. The molecule has 1 aromatic heterocycles. The van der Waals surface area contributed by atoms with E-state index in [1.807, 2.05) is 19.1 Å². The molecule has 0 amide bonds. The quantitative estimate of drug-likeness (QED) is 0.860. The van der Waals surface area contributed by atoms with Gasteiger partial charge in [-0.15, -0.1) is 0 Å². The Morgan fingerprint density at radius 2 is 2.23 bits per heavy atom. The molecule has 2 aromatic rings. The topological polar surface area (TPSA) is 34.9 Å². The molecule has 0 fully saturated rings. The summed E-state index contributed by atoms with van der Waals surface area (Å²) < 4.78 is 15.6. The van der Waals surface area contributed by atoms with Gasteiger partial charge in [0.2, 0.25) is 0 Å². The maximum Gasteiger partial charge on any atom is 0.268 e. The molecule has 0 saturated carbocycles. The average molecular weight is 298 g/mol. The summed E-state index contributed by atoms with van der Waals surface area (Å²) in [5.74, 6) is 0.635. The van der Waals surface area contributed by atoms with Crippen molar-refractivity contribution in [2.75, 3.05) is 0 Å². The fourth-order valence-corrected chi connectivity index (χ4v) is 2.78. The van der Waals surface area contributed by atoms with Crippen LogP contribution in [-0.4, -0.2) is 9.55 Å². The van der Waals surface area contributed by atoms with E-state index in [9.17, 15) is 9.18 Å². The lowest BCUT2D eigenvalue weighted by atomic mass is 10.0. The smallest absolute Gasteiger partial charge is 0.268 e. The van der Waals surface area contributed by atoms with Gasteiger partial charge in [-0.25, -0.2) is 9.37 Å². The van der Waals surface area contributed by atoms with Crippen LogP contribution < -0.4 is 5.56 Å². The Balaban J connectivity index is 2.29. The van der Waals surface area contributed by atoms with E-state index in [0.717, 1.165) is 18.5 Å². The van der Waals surface area contributed by atoms with Crippen molar-refractivity contribution in [2.24, 2.45) is 5.92 Å². The molecule has 0 radical (unpaired) electrons. The zero-order chi connectivity index (χ0) is 15.7. The highest BCUT2D eigenvalue weighted by Crippen LogP contribution is 2.21. The van der Waals surface area contributed by atoms with E-state index >= 15 is 0 Å². The first-order valence-corrected chi connectivity index (χ1v) is 7.70. The molecule has 4 heteroatoms. The number of allylic oxidation sites excluding steroid dienone is 4. The summed E-state index contributed by atoms with van der Waals surface area (Å²) in [5.41, 5.74) is 0.902. The van der Waals surface area contributed by atoms with Gasteiger partial charge in [-0.3, -0.25) is 9.36 Å². The van der Waals surface area contributed by atoms with Crippen molar-refractivity contribution in [2.45, 2.75) is 33.1 Å². The van der Waals surface area contributed by atoms with Crippen LogP contribution in [0.3, 0.4) is 0 Å². The predicted molar refractivity (Wildman–Crippen MR) is 87.2 cm³/mol. The third-order valence-corrected chi connectivity index (χ3v) is 3.94. The van der Waals surface area contributed by atoms with E-state index in [0.29, 0.717) is 23.7 Å². The van der Waals surface area contributed by atoms with E-state index in [2.05, 4.69) is 18.0 Å². The van der Waals surface area contributed by atoms with Crippen LogP contribution in [0.4, 0.5) is 4.39 Å². The van der Waals surface area contributed by atoms with Crippen LogP contribution in [0.2, 0.25) is 0 Å². The molecule has 22 heavy (non-hydrogen) atoms. The molecule has 1 unspecified atom stereocenters. The predicted octanol–water partition coefficient (Wildman–Crippen LogP) is 3.93. The number of nitrogens with zero attached hydrogens (tertiary/aromatic N) is 2. The lowest BCUT2D eigenvalue weighted by molar-refractivity contribution is 0.636. The molecule has 0 spiro atoms. The number of hydrogen-bond acceptors (Lipinski definition) is 2. The minimum absolute atomic E-state index is 0.0651. The third kappa shape index (κ3) is 2.49. The molecular weight excluding hydrogens is 279 g/mol. The summed E-state index contributed by atoms with van der Waals surface area (Å²) in [6.45, 7) is 4.16. The molecule has 0 aliphatic heterocycles. The van der Waals surface area contributed by atoms with Crippen LogP contribution in [0, 0.1) is 11.7 Å². The zero-order valence-electron chi connectivity index (χ0n) is 12.8. The van der Waals surface area contributed by atoms with Crippen LogP contribution in [0.5, 0.6) is 0 Å². The average Bonchev–Trinajstić information content (AvgIpc) is 2.49. The van der Waals surface area contributed by atoms with Gasteiger partial charge in [-0.2, -0.15) is 0 Å². The molecule has 0 saturated heterocycles. The van der Waals surface area contributed by atoms with Crippen LogP contribution in [0.15, 0.2) is 41.2 Å². The fraction of sp³-hybridized carbons (Fsp3) is 0.333. The summed E-state index contributed by atoms with van der Waals surface area (Å²) in [6.07, 6.45) is 8.47. The Kier molecular flexibility index (Phi) is 3.92. The number of benzene rings is 1.